The molecule has 2 atom stereocenters. The van der Waals surface area contributed by atoms with Gasteiger partial charge < -0.3 is 15.5 Å². The van der Waals surface area contributed by atoms with Crippen LogP contribution in [0.1, 0.15) is 258 Å². The zero-order valence-corrected chi connectivity index (χ0v) is 38.8. The first-order chi connectivity index (χ1) is 28.7. The van der Waals surface area contributed by atoms with Crippen LogP contribution in [0.2, 0.25) is 0 Å². The molecule has 58 heavy (non-hydrogen) atoms. The highest BCUT2D eigenvalue weighted by atomic mass is 16.3. The van der Waals surface area contributed by atoms with E-state index in [9.17, 15) is 15.0 Å². The number of carbonyl (C=O) groups excluding carboxylic acids is 1. The maximum absolute atomic E-state index is 12.4. The van der Waals surface area contributed by atoms with Crippen LogP contribution < -0.4 is 5.32 Å². The van der Waals surface area contributed by atoms with Crippen LogP contribution in [0.15, 0.2) is 60.8 Å². The molecule has 4 nitrogen and oxygen atoms in total. The van der Waals surface area contributed by atoms with Gasteiger partial charge in [0, 0.05) is 6.42 Å². The molecule has 0 aromatic carbocycles. The Kier molecular flexibility index (Phi) is 47.8. The Morgan fingerprint density at radius 3 is 1.14 bits per heavy atom. The summed E-state index contributed by atoms with van der Waals surface area (Å²) >= 11 is 0. The Labute approximate surface area is 362 Å². The molecule has 338 valence electrons. The van der Waals surface area contributed by atoms with E-state index in [0.29, 0.717) is 6.42 Å². The number of hydrogen-bond donors (Lipinski definition) is 3. The van der Waals surface area contributed by atoms with E-state index in [1.165, 1.54) is 167 Å². The number of allylic oxidation sites excluding steroid dienone is 9. The van der Waals surface area contributed by atoms with Crippen molar-refractivity contribution in [1.29, 1.82) is 0 Å². The second kappa shape index (κ2) is 49.5. The Hall–Kier alpha value is -1.91. The summed E-state index contributed by atoms with van der Waals surface area (Å²) in [5.41, 5.74) is 0. The van der Waals surface area contributed by atoms with E-state index in [-0.39, 0.29) is 12.5 Å². The van der Waals surface area contributed by atoms with Gasteiger partial charge in [-0.05, 0) is 57.8 Å². The summed E-state index contributed by atoms with van der Waals surface area (Å²) in [6, 6.07) is -0.638. The predicted octanol–water partition coefficient (Wildman–Crippen LogP) is 16.5. The summed E-state index contributed by atoms with van der Waals surface area (Å²) in [6.07, 6.45) is 69.4. The minimum absolute atomic E-state index is 0.0870. The van der Waals surface area contributed by atoms with E-state index >= 15 is 0 Å². The van der Waals surface area contributed by atoms with Gasteiger partial charge in [-0.2, -0.15) is 0 Å². The number of aliphatic hydroxyl groups is 2. The summed E-state index contributed by atoms with van der Waals surface area (Å²) in [5, 5.41) is 23.1. The summed E-state index contributed by atoms with van der Waals surface area (Å²) < 4.78 is 0. The minimum atomic E-state index is -0.853. The standard InChI is InChI=1S/C54H99NO3/c1-3-5-7-9-11-13-15-17-19-21-22-23-24-25-26-27-28-29-30-31-32-34-35-37-39-41-43-45-47-49-53(57)52(51-56)55-54(58)50-48-46-44-42-40-38-36-33-20-18-16-14-12-10-8-6-4-2/h6,8,12,14,18,20,36,38,47,49,52-53,56-57H,3-5,7,9-11,13,15-17,19,21-35,37,39-46,48,50-51H2,1-2H3,(H,55,58)/b8-6-,14-12-,20-18-,38-36-,49-47+. The molecule has 0 fully saturated rings. The van der Waals surface area contributed by atoms with Crippen LogP contribution in [-0.2, 0) is 4.79 Å². The zero-order valence-electron chi connectivity index (χ0n) is 38.8. The van der Waals surface area contributed by atoms with Gasteiger partial charge in [0.1, 0.15) is 0 Å². The van der Waals surface area contributed by atoms with Crippen molar-refractivity contribution in [1.82, 2.24) is 5.32 Å². The molecule has 0 saturated heterocycles. The van der Waals surface area contributed by atoms with Crippen LogP contribution in [0, 0.1) is 0 Å². The molecule has 0 aliphatic carbocycles. The quantitative estimate of drug-likeness (QED) is 0.0424. The number of aliphatic hydroxyl groups excluding tert-OH is 2. The zero-order chi connectivity index (χ0) is 42.1. The van der Waals surface area contributed by atoms with Gasteiger partial charge in [-0.15, -0.1) is 0 Å². The normalized spacial score (nSPS) is 13.4. The van der Waals surface area contributed by atoms with Gasteiger partial charge in [0.05, 0.1) is 18.8 Å². The van der Waals surface area contributed by atoms with Crippen molar-refractivity contribution in [2.75, 3.05) is 6.61 Å². The van der Waals surface area contributed by atoms with Crippen LogP contribution >= 0.6 is 0 Å². The molecule has 0 bridgehead atoms. The molecule has 0 heterocycles. The number of carbonyl (C=O) groups is 1. The fraction of sp³-hybridized carbons (Fsp3) is 0.796. The van der Waals surface area contributed by atoms with E-state index < -0.39 is 12.1 Å². The Bertz CT molecular complexity index is 965. The minimum Gasteiger partial charge on any atom is -0.394 e. The number of rotatable bonds is 46. The summed E-state index contributed by atoms with van der Waals surface area (Å²) in [6.45, 7) is 4.20. The van der Waals surface area contributed by atoms with Gasteiger partial charge in [-0.1, -0.05) is 254 Å². The third-order valence-corrected chi connectivity index (χ3v) is 11.5. The maximum atomic E-state index is 12.4. The molecule has 0 rings (SSSR count). The number of amides is 1. The highest BCUT2D eigenvalue weighted by Gasteiger charge is 2.17. The number of hydrogen-bond acceptors (Lipinski definition) is 3. The molecule has 0 radical (unpaired) electrons. The van der Waals surface area contributed by atoms with Gasteiger partial charge in [0.25, 0.3) is 0 Å². The van der Waals surface area contributed by atoms with Crippen molar-refractivity contribution < 1.29 is 15.0 Å². The molecular formula is C54H99NO3. The molecule has 0 aromatic rings. The van der Waals surface area contributed by atoms with Crippen molar-refractivity contribution in [3.8, 4) is 0 Å². The molecule has 3 N–H and O–H groups in total. The van der Waals surface area contributed by atoms with Gasteiger partial charge >= 0.3 is 0 Å². The first-order valence-corrected chi connectivity index (χ1v) is 25.5. The summed E-state index contributed by atoms with van der Waals surface area (Å²) in [5.74, 6) is -0.0870. The molecule has 0 aromatic heterocycles. The van der Waals surface area contributed by atoms with Crippen LogP contribution in [0.3, 0.4) is 0 Å². The molecule has 0 spiro atoms. The third kappa shape index (κ3) is 45.2. The van der Waals surface area contributed by atoms with Crippen molar-refractivity contribution in [3.63, 3.8) is 0 Å². The average molecular weight is 810 g/mol. The Morgan fingerprint density at radius 1 is 0.431 bits per heavy atom. The molecule has 1 amide bonds. The number of nitrogens with one attached hydrogen (secondary N) is 1. The van der Waals surface area contributed by atoms with E-state index in [0.717, 1.165) is 70.6 Å². The highest BCUT2D eigenvalue weighted by Crippen LogP contribution is 2.17. The lowest BCUT2D eigenvalue weighted by molar-refractivity contribution is -0.123. The molecule has 2 unspecified atom stereocenters. The molecule has 0 aliphatic heterocycles. The Morgan fingerprint density at radius 2 is 0.759 bits per heavy atom. The average Bonchev–Trinajstić information content (AvgIpc) is 3.23. The molecule has 0 saturated carbocycles. The van der Waals surface area contributed by atoms with Crippen LogP contribution in [-0.4, -0.2) is 34.9 Å². The molecule has 4 heteroatoms. The van der Waals surface area contributed by atoms with Gasteiger partial charge in [0.15, 0.2) is 0 Å². The Balaban J connectivity index is 3.52. The van der Waals surface area contributed by atoms with E-state index in [4.69, 9.17) is 0 Å². The van der Waals surface area contributed by atoms with Gasteiger partial charge in [0.2, 0.25) is 5.91 Å². The summed E-state index contributed by atoms with van der Waals surface area (Å²) in [7, 11) is 0. The fourth-order valence-corrected chi connectivity index (χ4v) is 7.64. The first-order valence-electron chi connectivity index (χ1n) is 25.5. The van der Waals surface area contributed by atoms with E-state index in [1.807, 2.05) is 6.08 Å². The monoisotopic (exact) mass is 810 g/mol. The van der Waals surface area contributed by atoms with Crippen LogP contribution in [0.25, 0.3) is 0 Å². The third-order valence-electron chi connectivity index (χ3n) is 11.5. The van der Waals surface area contributed by atoms with Crippen molar-refractivity contribution in [2.45, 2.75) is 270 Å². The lowest BCUT2D eigenvalue weighted by atomic mass is 10.0. The largest absolute Gasteiger partial charge is 0.394 e. The summed E-state index contributed by atoms with van der Waals surface area (Å²) in [4.78, 5) is 12.4. The van der Waals surface area contributed by atoms with Crippen LogP contribution in [0.4, 0.5) is 0 Å². The maximum Gasteiger partial charge on any atom is 0.220 e. The molecule has 0 aliphatic rings. The van der Waals surface area contributed by atoms with Crippen molar-refractivity contribution >= 4 is 5.91 Å². The second-order valence-electron chi connectivity index (χ2n) is 17.2. The SMILES string of the molecule is CC/C=C\C/C=C\C/C=C\C/C=C\CCCCCCC(=O)NC(CO)C(O)/C=C/CCCCCCCCCCCCCCCCCCCCCCCCCCCCC. The fourth-order valence-electron chi connectivity index (χ4n) is 7.64. The van der Waals surface area contributed by atoms with Crippen molar-refractivity contribution in [2.24, 2.45) is 0 Å². The lowest BCUT2D eigenvalue weighted by Gasteiger charge is -2.20. The van der Waals surface area contributed by atoms with E-state index in [2.05, 4.69) is 67.8 Å². The second-order valence-corrected chi connectivity index (χ2v) is 17.2. The van der Waals surface area contributed by atoms with Crippen LogP contribution in [0.5, 0.6) is 0 Å². The number of unbranched alkanes of at least 4 members (excludes halogenated alkanes) is 31. The van der Waals surface area contributed by atoms with E-state index in [1.54, 1.807) is 6.08 Å². The smallest absolute Gasteiger partial charge is 0.220 e. The highest BCUT2D eigenvalue weighted by molar-refractivity contribution is 5.76. The van der Waals surface area contributed by atoms with Gasteiger partial charge in [-0.25, -0.2) is 0 Å². The van der Waals surface area contributed by atoms with Gasteiger partial charge in [-0.3, -0.25) is 4.79 Å². The molecular weight excluding hydrogens is 711 g/mol. The lowest BCUT2D eigenvalue weighted by Crippen LogP contribution is -2.45. The van der Waals surface area contributed by atoms with Crippen molar-refractivity contribution in [3.05, 3.63) is 60.8 Å². The first kappa shape index (κ1) is 56.1. The predicted molar refractivity (Wildman–Crippen MR) is 258 cm³/mol. The topological polar surface area (TPSA) is 69.6 Å².